The van der Waals surface area contributed by atoms with E-state index < -0.39 is 0 Å². The molecule has 2 amide bonds. The van der Waals surface area contributed by atoms with Gasteiger partial charge in [0.2, 0.25) is 5.91 Å². The highest BCUT2D eigenvalue weighted by Crippen LogP contribution is 2.19. The number of hydrogen-bond donors (Lipinski definition) is 1. The normalized spacial score (nSPS) is 14.1. The third-order valence-corrected chi connectivity index (χ3v) is 3.59. The van der Waals surface area contributed by atoms with Gasteiger partial charge in [0.05, 0.1) is 6.54 Å². The molecule has 0 heterocycles. The minimum Gasteiger partial charge on any atom is -0.352 e. The summed E-state index contributed by atoms with van der Waals surface area (Å²) in [6, 6.07) is 5.89. The predicted molar refractivity (Wildman–Crippen MR) is 77.0 cm³/mol. The average molecular weight is 325 g/mol. The summed E-state index contributed by atoms with van der Waals surface area (Å²) in [4.78, 5) is 25.4. The van der Waals surface area contributed by atoms with Crippen LogP contribution in [0.1, 0.15) is 28.8 Å². The molecule has 0 saturated heterocycles. The molecule has 0 spiro atoms. The number of nitrogens with zero attached hydrogens (tertiary/aromatic N) is 1. The molecule has 1 aliphatic rings. The zero-order valence-corrected chi connectivity index (χ0v) is 12.7. The van der Waals surface area contributed by atoms with Gasteiger partial charge in [0.1, 0.15) is 0 Å². The summed E-state index contributed by atoms with van der Waals surface area (Å²) >= 11 is 3.36. The molecule has 0 aromatic heterocycles. The Hall–Kier alpha value is -1.36. The maximum absolute atomic E-state index is 12.3. The molecule has 0 aliphatic heterocycles. The SMILES string of the molecule is Cc1ccc(Br)cc1C(=O)N(C)CC(=O)NC1CC1. The molecule has 0 unspecified atom stereocenters. The minimum absolute atomic E-state index is 0.0917. The standard InChI is InChI=1S/C14H17BrN2O2/c1-9-3-4-10(15)7-12(9)14(19)17(2)8-13(18)16-11-5-6-11/h3-4,7,11H,5-6,8H2,1-2H3,(H,16,18). The van der Waals surface area contributed by atoms with Gasteiger partial charge in [0, 0.05) is 23.1 Å². The summed E-state index contributed by atoms with van der Waals surface area (Å²) in [6.45, 7) is 1.99. The lowest BCUT2D eigenvalue weighted by Crippen LogP contribution is -2.39. The van der Waals surface area contributed by atoms with Crippen LogP contribution in [0.3, 0.4) is 0 Å². The van der Waals surface area contributed by atoms with Crippen LogP contribution < -0.4 is 5.32 Å². The summed E-state index contributed by atoms with van der Waals surface area (Å²) in [5, 5.41) is 2.88. The number of hydrogen-bond acceptors (Lipinski definition) is 2. The van der Waals surface area contributed by atoms with E-state index in [0.717, 1.165) is 22.9 Å². The zero-order chi connectivity index (χ0) is 14.0. The van der Waals surface area contributed by atoms with Crippen LogP contribution in [0.2, 0.25) is 0 Å². The molecule has 1 aromatic carbocycles. The molecule has 1 fully saturated rings. The van der Waals surface area contributed by atoms with Gasteiger partial charge >= 0.3 is 0 Å². The number of halogens is 1. The molecule has 0 atom stereocenters. The van der Waals surface area contributed by atoms with E-state index in [1.807, 2.05) is 19.1 Å². The second kappa shape index (κ2) is 5.74. The van der Waals surface area contributed by atoms with E-state index in [2.05, 4.69) is 21.2 Å². The Morgan fingerprint density at radius 3 is 2.74 bits per heavy atom. The number of likely N-dealkylation sites (N-methyl/N-ethyl adjacent to an activating group) is 1. The zero-order valence-electron chi connectivity index (χ0n) is 11.1. The maximum Gasteiger partial charge on any atom is 0.254 e. The van der Waals surface area contributed by atoms with E-state index in [4.69, 9.17) is 0 Å². The lowest BCUT2D eigenvalue weighted by atomic mass is 10.1. The number of benzene rings is 1. The Kier molecular flexibility index (Phi) is 4.24. The Balaban J connectivity index is 2.01. The van der Waals surface area contributed by atoms with Gasteiger partial charge < -0.3 is 10.2 Å². The van der Waals surface area contributed by atoms with Crippen LogP contribution in [-0.4, -0.2) is 36.3 Å². The average Bonchev–Trinajstić information content (AvgIpc) is 3.15. The van der Waals surface area contributed by atoms with Gasteiger partial charge in [-0.3, -0.25) is 9.59 Å². The highest BCUT2D eigenvalue weighted by Gasteiger charge is 2.24. The Bertz CT molecular complexity index is 512. The van der Waals surface area contributed by atoms with Gasteiger partial charge in [-0.25, -0.2) is 0 Å². The fraction of sp³-hybridized carbons (Fsp3) is 0.429. The fourth-order valence-corrected chi connectivity index (χ4v) is 2.18. The first-order chi connectivity index (χ1) is 8.97. The van der Waals surface area contributed by atoms with Crippen molar-refractivity contribution >= 4 is 27.7 Å². The molecule has 0 bridgehead atoms. The van der Waals surface area contributed by atoms with E-state index in [1.165, 1.54) is 4.90 Å². The molecular formula is C14H17BrN2O2. The van der Waals surface area contributed by atoms with Crippen LogP contribution in [0.4, 0.5) is 0 Å². The molecule has 0 radical (unpaired) electrons. The van der Waals surface area contributed by atoms with E-state index in [1.54, 1.807) is 13.1 Å². The Morgan fingerprint density at radius 1 is 1.42 bits per heavy atom. The summed E-state index contributed by atoms with van der Waals surface area (Å²) in [6.07, 6.45) is 2.10. The van der Waals surface area contributed by atoms with E-state index in [0.29, 0.717) is 11.6 Å². The van der Waals surface area contributed by atoms with E-state index >= 15 is 0 Å². The number of rotatable bonds is 4. The first-order valence-corrected chi connectivity index (χ1v) is 7.07. The monoisotopic (exact) mass is 324 g/mol. The summed E-state index contributed by atoms with van der Waals surface area (Å²) < 4.78 is 0.859. The van der Waals surface area contributed by atoms with Crippen LogP contribution in [0.25, 0.3) is 0 Å². The van der Waals surface area contributed by atoms with Crippen molar-refractivity contribution in [3.05, 3.63) is 33.8 Å². The van der Waals surface area contributed by atoms with Gasteiger partial charge in [0.15, 0.2) is 0 Å². The van der Waals surface area contributed by atoms with Crippen molar-refractivity contribution < 1.29 is 9.59 Å². The molecule has 1 aliphatic carbocycles. The molecule has 5 heteroatoms. The summed E-state index contributed by atoms with van der Waals surface area (Å²) in [7, 11) is 1.65. The van der Waals surface area contributed by atoms with Crippen molar-refractivity contribution in [3.63, 3.8) is 0 Å². The van der Waals surface area contributed by atoms with Crippen LogP contribution in [0.5, 0.6) is 0 Å². The van der Waals surface area contributed by atoms with Gasteiger partial charge in [0.25, 0.3) is 5.91 Å². The molecule has 1 saturated carbocycles. The molecule has 1 aromatic rings. The van der Waals surface area contributed by atoms with Gasteiger partial charge in [-0.15, -0.1) is 0 Å². The second-order valence-electron chi connectivity index (χ2n) is 4.96. The van der Waals surface area contributed by atoms with Gasteiger partial charge in [-0.2, -0.15) is 0 Å². The topological polar surface area (TPSA) is 49.4 Å². The maximum atomic E-state index is 12.3. The van der Waals surface area contributed by atoms with Crippen molar-refractivity contribution in [3.8, 4) is 0 Å². The first kappa shape index (κ1) is 14.1. The van der Waals surface area contributed by atoms with Crippen molar-refractivity contribution in [1.29, 1.82) is 0 Å². The quantitative estimate of drug-likeness (QED) is 0.922. The third kappa shape index (κ3) is 3.80. The first-order valence-electron chi connectivity index (χ1n) is 6.28. The second-order valence-corrected chi connectivity index (χ2v) is 5.88. The molecule has 19 heavy (non-hydrogen) atoms. The van der Waals surface area contributed by atoms with Crippen LogP contribution >= 0.6 is 15.9 Å². The highest BCUT2D eigenvalue weighted by atomic mass is 79.9. The molecule has 4 nitrogen and oxygen atoms in total. The van der Waals surface area contributed by atoms with Crippen LogP contribution in [0, 0.1) is 6.92 Å². The fourth-order valence-electron chi connectivity index (χ4n) is 1.82. The smallest absolute Gasteiger partial charge is 0.254 e. The molecule has 102 valence electrons. The highest BCUT2D eigenvalue weighted by molar-refractivity contribution is 9.10. The van der Waals surface area contributed by atoms with E-state index in [-0.39, 0.29) is 18.4 Å². The van der Waals surface area contributed by atoms with Crippen LogP contribution in [0.15, 0.2) is 22.7 Å². The lowest BCUT2D eigenvalue weighted by Gasteiger charge is -2.18. The molecular weight excluding hydrogens is 308 g/mol. The Labute approximate surface area is 121 Å². The van der Waals surface area contributed by atoms with E-state index in [9.17, 15) is 9.59 Å². The number of amides is 2. The molecule has 2 rings (SSSR count). The minimum atomic E-state index is -0.134. The third-order valence-electron chi connectivity index (χ3n) is 3.10. The number of carbonyl (C=O) groups is 2. The summed E-state index contributed by atoms with van der Waals surface area (Å²) in [5.74, 6) is -0.226. The van der Waals surface area contributed by atoms with Gasteiger partial charge in [-0.1, -0.05) is 22.0 Å². The van der Waals surface area contributed by atoms with Crippen LogP contribution in [-0.2, 0) is 4.79 Å². The lowest BCUT2D eigenvalue weighted by molar-refractivity contribution is -0.121. The number of carbonyl (C=O) groups excluding carboxylic acids is 2. The molecule has 1 N–H and O–H groups in total. The van der Waals surface area contributed by atoms with Crippen molar-refractivity contribution in [2.45, 2.75) is 25.8 Å². The summed E-state index contributed by atoms with van der Waals surface area (Å²) in [5.41, 5.74) is 1.53. The van der Waals surface area contributed by atoms with Crippen molar-refractivity contribution in [2.75, 3.05) is 13.6 Å². The van der Waals surface area contributed by atoms with Crippen molar-refractivity contribution in [2.24, 2.45) is 0 Å². The predicted octanol–water partition coefficient (Wildman–Crippen LogP) is 2.11. The number of nitrogens with one attached hydrogen (secondary N) is 1. The Morgan fingerprint density at radius 2 is 2.11 bits per heavy atom. The van der Waals surface area contributed by atoms with Gasteiger partial charge in [-0.05, 0) is 37.5 Å². The largest absolute Gasteiger partial charge is 0.352 e. The van der Waals surface area contributed by atoms with Crippen molar-refractivity contribution in [1.82, 2.24) is 10.2 Å². The number of aryl methyl sites for hydroxylation is 1.